The number of benzene rings is 5. The Kier molecular flexibility index (Phi) is 16.1. The predicted octanol–water partition coefficient (Wildman–Crippen LogP) is 7.22. The van der Waals surface area contributed by atoms with Crippen LogP contribution in [0, 0.1) is 0 Å². The molecular formula is C36H34N10O16S5. The molecule has 6 aromatic rings. The average molecular weight is 1020 g/mol. The van der Waals surface area contributed by atoms with E-state index >= 15 is 0 Å². The van der Waals surface area contributed by atoms with Gasteiger partial charge in [-0.1, -0.05) is 17.2 Å². The highest BCUT2D eigenvalue weighted by atomic mass is 32.2. The zero-order valence-corrected chi connectivity index (χ0v) is 37.8. The van der Waals surface area contributed by atoms with Gasteiger partial charge in [-0.05, 0) is 90.7 Å². The van der Waals surface area contributed by atoms with Crippen LogP contribution in [0.1, 0.15) is 6.42 Å². The maximum atomic E-state index is 12.0. The number of rotatable bonds is 22. The Hall–Kier alpha value is -6.36. The van der Waals surface area contributed by atoms with E-state index in [2.05, 4.69) is 60.7 Å². The summed E-state index contributed by atoms with van der Waals surface area (Å²) >= 11 is 0.717. The minimum Gasteiger partial charge on any atom is -0.491 e. The lowest BCUT2D eigenvalue weighted by Crippen LogP contribution is -2.17. The van der Waals surface area contributed by atoms with Gasteiger partial charge in [0, 0.05) is 28.6 Å². The van der Waals surface area contributed by atoms with Crippen LogP contribution in [0.25, 0.3) is 10.8 Å². The molecule has 1 aromatic heterocycles. The van der Waals surface area contributed by atoms with Crippen molar-refractivity contribution in [2.75, 3.05) is 40.6 Å². The van der Waals surface area contributed by atoms with Crippen molar-refractivity contribution in [3.63, 3.8) is 0 Å². The molecule has 0 saturated heterocycles. The molecule has 0 atom stereocenters. The molecule has 5 aromatic carbocycles. The van der Waals surface area contributed by atoms with E-state index < -0.39 is 61.8 Å². The van der Waals surface area contributed by atoms with Crippen molar-refractivity contribution in [2.24, 2.45) is 20.5 Å². The van der Waals surface area contributed by atoms with Crippen LogP contribution in [0.15, 0.2) is 132 Å². The highest BCUT2D eigenvalue weighted by molar-refractivity contribution is 7.94. The summed E-state index contributed by atoms with van der Waals surface area (Å²) in [6.45, 7) is -0.491. The van der Waals surface area contributed by atoms with E-state index in [-0.39, 0.29) is 71.0 Å². The van der Waals surface area contributed by atoms with Crippen LogP contribution in [0.3, 0.4) is 0 Å². The van der Waals surface area contributed by atoms with Crippen molar-refractivity contribution in [1.29, 1.82) is 0 Å². The van der Waals surface area contributed by atoms with Gasteiger partial charge in [-0.15, -0.1) is 4.33 Å². The zero-order chi connectivity index (χ0) is 48.4. The second kappa shape index (κ2) is 21.5. The molecule has 0 unspecified atom stereocenters. The van der Waals surface area contributed by atoms with Crippen LogP contribution in [0.2, 0.25) is 0 Å². The smallest absolute Gasteiger partial charge is 0.295 e. The van der Waals surface area contributed by atoms with Crippen molar-refractivity contribution in [3.05, 3.63) is 97.1 Å². The minimum atomic E-state index is -4.89. The zero-order valence-electron chi connectivity index (χ0n) is 33.7. The SMILES string of the molecule is O=S(=O)(O)CCCOc1cc(N=Nc2cccc(SOOO)c2)ccc1Nc1nc(NCCS(=O)(=O)O)nc(Nc2ccc(N=Nc3ccc4c(S(=O)(=O)O)cc(S(=O)(=O)O)cc4c3)cc2)n1. The van der Waals surface area contributed by atoms with Gasteiger partial charge in [-0.3, -0.25) is 18.2 Å². The topological polar surface area (TPSA) is 390 Å². The number of nitrogens with zero attached hydrogens (tertiary/aromatic N) is 7. The molecule has 0 amide bonds. The van der Waals surface area contributed by atoms with Gasteiger partial charge in [-0.25, -0.2) is 5.26 Å². The molecule has 1 heterocycles. The first-order valence-electron chi connectivity index (χ1n) is 18.5. The largest absolute Gasteiger partial charge is 0.491 e. The van der Waals surface area contributed by atoms with Crippen LogP contribution in [0.5, 0.6) is 5.75 Å². The fourth-order valence-corrected chi connectivity index (χ4v) is 8.15. The third-order valence-corrected chi connectivity index (χ3v) is 12.2. The lowest BCUT2D eigenvalue weighted by atomic mass is 10.1. The van der Waals surface area contributed by atoms with Crippen LogP contribution in [0.4, 0.5) is 52.0 Å². The van der Waals surface area contributed by atoms with Crippen LogP contribution >= 0.6 is 12.0 Å². The van der Waals surface area contributed by atoms with Crippen LogP contribution in [-0.4, -0.2) is 96.7 Å². The molecule has 0 radical (unpaired) electrons. The first kappa shape index (κ1) is 50.1. The Morgan fingerprint density at radius 1 is 0.612 bits per heavy atom. The Labute approximate surface area is 384 Å². The van der Waals surface area contributed by atoms with E-state index in [1.54, 1.807) is 42.5 Å². The summed E-state index contributed by atoms with van der Waals surface area (Å²) in [5.74, 6) is -1.52. The fourth-order valence-electron chi connectivity index (χ4n) is 5.54. The number of hydrogen-bond donors (Lipinski definition) is 8. The van der Waals surface area contributed by atoms with Gasteiger partial charge in [0.2, 0.25) is 17.8 Å². The fraction of sp³-hybridized carbons (Fsp3) is 0.139. The second-order valence-electron chi connectivity index (χ2n) is 13.4. The van der Waals surface area contributed by atoms with Crippen LogP contribution in [-0.2, 0) is 49.8 Å². The number of anilines is 5. The van der Waals surface area contributed by atoms with Gasteiger partial charge in [0.15, 0.2) is 0 Å². The van der Waals surface area contributed by atoms with Crippen molar-refractivity contribution < 1.29 is 71.2 Å². The number of hydrogen-bond acceptors (Lipinski definition) is 23. The van der Waals surface area contributed by atoms with E-state index in [9.17, 15) is 51.9 Å². The Morgan fingerprint density at radius 3 is 1.88 bits per heavy atom. The number of fused-ring (bicyclic) bond motifs is 1. The highest BCUT2D eigenvalue weighted by Gasteiger charge is 2.21. The first-order chi connectivity index (χ1) is 31.6. The summed E-state index contributed by atoms with van der Waals surface area (Å²) in [5, 5.41) is 37.3. The molecule has 354 valence electrons. The minimum absolute atomic E-state index is 0.0105. The molecule has 67 heavy (non-hydrogen) atoms. The van der Waals surface area contributed by atoms with Crippen molar-refractivity contribution >= 4 is 115 Å². The molecule has 0 fully saturated rings. The van der Waals surface area contributed by atoms with Gasteiger partial charge in [-0.2, -0.15) is 69.1 Å². The summed E-state index contributed by atoms with van der Waals surface area (Å²) < 4.78 is 141. The lowest BCUT2D eigenvalue weighted by molar-refractivity contribution is -0.432. The Morgan fingerprint density at radius 2 is 1.22 bits per heavy atom. The lowest BCUT2D eigenvalue weighted by Gasteiger charge is -2.15. The Bertz CT molecular complexity index is 3290. The number of nitrogens with one attached hydrogen (secondary N) is 3. The highest BCUT2D eigenvalue weighted by Crippen LogP contribution is 2.35. The average Bonchev–Trinajstić information content (AvgIpc) is 3.25. The van der Waals surface area contributed by atoms with Gasteiger partial charge >= 0.3 is 0 Å². The van der Waals surface area contributed by atoms with E-state index in [0.717, 1.165) is 6.07 Å². The first-order valence-corrected chi connectivity index (χ1v) is 25.4. The summed E-state index contributed by atoms with van der Waals surface area (Å²) in [6.07, 6.45) is -0.0970. The number of azo groups is 2. The van der Waals surface area contributed by atoms with Crippen LogP contribution < -0.4 is 20.7 Å². The molecule has 0 aliphatic rings. The molecule has 0 saturated carbocycles. The molecule has 0 aliphatic carbocycles. The summed E-state index contributed by atoms with van der Waals surface area (Å²) in [7, 11) is -18.4. The van der Waals surface area contributed by atoms with E-state index in [1.807, 2.05) is 0 Å². The molecule has 31 heteroatoms. The maximum absolute atomic E-state index is 12.0. The number of aromatic nitrogens is 3. The summed E-state index contributed by atoms with van der Waals surface area (Å²) in [4.78, 5) is 12.0. The molecule has 0 aliphatic heterocycles. The monoisotopic (exact) mass is 1020 g/mol. The normalized spacial score (nSPS) is 12.5. The molecular weight excluding hydrogens is 989 g/mol. The molecule has 8 N–H and O–H groups in total. The van der Waals surface area contributed by atoms with Gasteiger partial charge in [0.05, 0.1) is 63.5 Å². The van der Waals surface area contributed by atoms with E-state index in [1.165, 1.54) is 42.5 Å². The van der Waals surface area contributed by atoms with Crippen molar-refractivity contribution in [3.8, 4) is 5.75 Å². The van der Waals surface area contributed by atoms with Gasteiger partial charge in [0.25, 0.3) is 40.5 Å². The number of ether oxygens (including phenoxy) is 1. The van der Waals surface area contributed by atoms with Gasteiger partial charge in [0.1, 0.15) is 10.6 Å². The molecule has 0 spiro atoms. The summed E-state index contributed by atoms with van der Waals surface area (Å²) in [5.41, 5.74) is 1.76. The van der Waals surface area contributed by atoms with E-state index in [0.29, 0.717) is 40.1 Å². The molecule has 0 bridgehead atoms. The molecule has 26 nitrogen and oxygen atoms in total. The van der Waals surface area contributed by atoms with E-state index in [4.69, 9.17) is 9.99 Å². The van der Waals surface area contributed by atoms with Gasteiger partial charge < -0.3 is 20.7 Å². The standard InChI is InChI=1S/C36H34N10O16S5/c47-61-62-63-28-4-1-3-25(19-28)44-46-27-10-12-31(32(20-27)60-14-2-15-64(48,49)50)39-36-41-34(37-13-16-65(51,52)53)40-35(42-36)38-23-5-7-24(8-6-23)43-45-26-9-11-30-22(17-26)18-29(66(54,55)56)21-33(30)67(57,58)59/h1,3-12,17-21,47H,2,13-16H2,(H,48,49,50)(H,51,52,53)(H,54,55,56)(H,57,58,59)(H3,37,38,39,40,41,42). The third-order valence-electron chi connectivity index (χ3n) is 8.41. The Balaban J connectivity index is 1.24. The predicted molar refractivity (Wildman–Crippen MR) is 240 cm³/mol. The molecule has 6 rings (SSSR count). The third kappa shape index (κ3) is 15.6. The maximum Gasteiger partial charge on any atom is 0.295 e. The van der Waals surface area contributed by atoms with Crippen molar-refractivity contribution in [2.45, 2.75) is 21.1 Å². The summed E-state index contributed by atoms with van der Waals surface area (Å²) in [6, 6.07) is 22.8. The van der Waals surface area contributed by atoms with Crippen molar-refractivity contribution in [1.82, 2.24) is 15.0 Å². The second-order valence-corrected chi connectivity index (χ2v) is 20.1. The quantitative estimate of drug-likeness (QED) is 0.00830.